The predicted molar refractivity (Wildman–Crippen MR) is 85.4 cm³/mol. The van der Waals surface area contributed by atoms with E-state index in [2.05, 4.69) is 0 Å². The molecule has 2 N–H and O–H groups in total. The second-order valence-corrected chi connectivity index (χ2v) is 7.14. The number of nitrogens with one attached hydrogen (secondary N) is 1. The highest BCUT2D eigenvalue weighted by molar-refractivity contribution is 7.92. The Morgan fingerprint density at radius 3 is 2.36 bits per heavy atom. The number of anilines is 1. The topological polar surface area (TPSA) is 83.5 Å². The van der Waals surface area contributed by atoms with E-state index < -0.39 is 32.8 Å². The van der Waals surface area contributed by atoms with Gasteiger partial charge in [-0.05, 0) is 42.8 Å². The zero-order valence-electron chi connectivity index (χ0n) is 12.6. The molecule has 2 aromatic carbocycles. The molecule has 0 aliphatic heterocycles. The van der Waals surface area contributed by atoms with E-state index in [1.165, 1.54) is 19.1 Å². The second kappa shape index (κ2) is 6.57. The number of aromatic carboxylic acids is 1. The number of hydrogen-bond donors (Lipinski definition) is 2. The number of carbonyl (C=O) groups is 1. The minimum absolute atomic E-state index is 0.238. The Bertz CT molecular complexity index is 942. The predicted octanol–water partition coefficient (Wildman–Crippen LogP) is 4.17. The van der Waals surface area contributed by atoms with E-state index in [-0.39, 0.29) is 21.7 Å². The summed E-state index contributed by atoms with van der Waals surface area (Å²) in [6.07, 6.45) is -4.75. The summed E-state index contributed by atoms with van der Waals surface area (Å²) in [4.78, 5) is 10.6. The van der Waals surface area contributed by atoms with Crippen molar-refractivity contribution in [2.24, 2.45) is 0 Å². The lowest BCUT2D eigenvalue weighted by molar-refractivity contribution is -0.137. The third kappa shape index (κ3) is 4.23. The highest BCUT2D eigenvalue weighted by atomic mass is 35.5. The van der Waals surface area contributed by atoms with Crippen molar-refractivity contribution in [3.05, 3.63) is 58.1 Å². The second-order valence-electron chi connectivity index (χ2n) is 5.08. The van der Waals surface area contributed by atoms with Gasteiger partial charge in [0.1, 0.15) is 0 Å². The van der Waals surface area contributed by atoms with Crippen molar-refractivity contribution in [2.45, 2.75) is 18.0 Å². The van der Waals surface area contributed by atoms with Gasteiger partial charge >= 0.3 is 12.1 Å². The number of aryl methyl sites for hydroxylation is 1. The monoisotopic (exact) mass is 393 g/mol. The fourth-order valence-electron chi connectivity index (χ4n) is 2.04. The summed E-state index contributed by atoms with van der Waals surface area (Å²) >= 11 is 5.49. The van der Waals surface area contributed by atoms with Crippen LogP contribution >= 0.6 is 11.6 Å². The van der Waals surface area contributed by atoms with E-state index >= 15 is 0 Å². The van der Waals surface area contributed by atoms with Crippen LogP contribution in [0, 0.1) is 6.92 Å². The number of sulfonamides is 1. The van der Waals surface area contributed by atoms with Crippen LogP contribution < -0.4 is 4.72 Å². The number of carboxylic acid groups (broad SMARTS) is 1. The van der Waals surface area contributed by atoms with Gasteiger partial charge < -0.3 is 5.11 Å². The maximum absolute atomic E-state index is 12.9. The number of alkyl halides is 3. The zero-order valence-corrected chi connectivity index (χ0v) is 14.1. The molecular weight excluding hydrogens is 383 g/mol. The summed E-state index contributed by atoms with van der Waals surface area (Å²) in [5.41, 5.74) is -1.57. The molecule has 10 heteroatoms. The lowest BCUT2D eigenvalue weighted by Gasteiger charge is -2.14. The van der Waals surface area contributed by atoms with Crippen molar-refractivity contribution >= 4 is 33.3 Å². The molecule has 0 atom stereocenters. The first kappa shape index (κ1) is 19.1. The Kier molecular flexibility index (Phi) is 5.01. The standard InChI is InChI=1S/C15H11ClF3NO4S/c1-8-2-3-9(14(21)22)6-13(8)25(23,24)20-10-4-5-12(16)11(7-10)15(17,18)19/h2-7,20H,1H3,(H,21,22). The molecule has 0 fully saturated rings. The Labute approximate surface area is 146 Å². The Morgan fingerprint density at radius 1 is 1.16 bits per heavy atom. The van der Waals surface area contributed by atoms with Crippen LogP contribution in [-0.4, -0.2) is 19.5 Å². The fraction of sp³-hybridized carbons (Fsp3) is 0.133. The molecule has 2 rings (SSSR count). The molecule has 0 aromatic heterocycles. The average Bonchev–Trinajstić information content (AvgIpc) is 2.47. The summed E-state index contributed by atoms with van der Waals surface area (Å²) < 4.78 is 65.4. The lowest BCUT2D eigenvalue weighted by atomic mass is 10.1. The minimum atomic E-state index is -4.75. The Balaban J connectivity index is 2.47. The first-order valence-corrected chi connectivity index (χ1v) is 8.51. The van der Waals surface area contributed by atoms with Crippen LogP contribution in [0.2, 0.25) is 5.02 Å². The van der Waals surface area contributed by atoms with Crippen molar-refractivity contribution in [1.29, 1.82) is 0 Å². The van der Waals surface area contributed by atoms with Crippen LogP contribution in [0.1, 0.15) is 21.5 Å². The maximum Gasteiger partial charge on any atom is 0.417 e. The molecule has 25 heavy (non-hydrogen) atoms. The molecule has 0 saturated carbocycles. The van der Waals surface area contributed by atoms with Crippen LogP contribution in [0.3, 0.4) is 0 Å². The van der Waals surface area contributed by atoms with Crippen LogP contribution in [0.5, 0.6) is 0 Å². The molecule has 0 heterocycles. The van der Waals surface area contributed by atoms with Crippen LogP contribution in [-0.2, 0) is 16.2 Å². The van der Waals surface area contributed by atoms with E-state index in [1.807, 2.05) is 4.72 Å². The Morgan fingerprint density at radius 2 is 1.80 bits per heavy atom. The lowest BCUT2D eigenvalue weighted by Crippen LogP contribution is -2.16. The van der Waals surface area contributed by atoms with E-state index in [0.717, 1.165) is 18.2 Å². The molecule has 134 valence electrons. The number of rotatable bonds is 4. The third-order valence-electron chi connectivity index (χ3n) is 3.25. The van der Waals surface area contributed by atoms with E-state index in [0.29, 0.717) is 6.07 Å². The van der Waals surface area contributed by atoms with Crippen LogP contribution in [0.15, 0.2) is 41.3 Å². The molecule has 5 nitrogen and oxygen atoms in total. The zero-order chi connectivity index (χ0) is 19.0. The van der Waals surface area contributed by atoms with E-state index in [1.54, 1.807) is 0 Å². The molecule has 0 aliphatic rings. The summed E-state index contributed by atoms with van der Waals surface area (Å²) in [7, 11) is -4.30. The first-order valence-electron chi connectivity index (χ1n) is 6.65. The van der Waals surface area contributed by atoms with Gasteiger partial charge in [0.15, 0.2) is 0 Å². The van der Waals surface area contributed by atoms with Crippen molar-refractivity contribution in [2.75, 3.05) is 4.72 Å². The van der Waals surface area contributed by atoms with Crippen molar-refractivity contribution in [3.63, 3.8) is 0 Å². The Hall–Kier alpha value is -2.26. The van der Waals surface area contributed by atoms with Gasteiger partial charge in [0.05, 0.1) is 21.0 Å². The van der Waals surface area contributed by atoms with Crippen molar-refractivity contribution < 1.29 is 31.5 Å². The van der Waals surface area contributed by atoms with Gasteiger partial charge in [-0.3, -0.25) is 4.72 Å². The SMILES string of the molecule is Cc1ccc(C(=O)O)cc1S(=O)(=O)Nc1ccc(Cl)c(C(F)(F)F)c1. The largest absolute Gasteiger partial charge is 0.478 e. The molecule has 0 amide bonds. The average molecular weight is 394 g/mol. The van der Waals surface area contributed by atoms with Gasteiger partial charge in [-0.15, -0.1) is 0 Å². The van der Waals surface area contributed by atoms with E-state index in [9.17, 15) is 26.4 Å². The van der Waals surface area contributed by atoms with Gasteiger partial charge in [0.2, 0.25) is 0 Å². The summed E-state index contributed by atoms with van der Waals surface area (Å²) in [6.45, 7) is 1.43. The van der Waals surface area contributed by atoms with E-state index in [4.69, 9.17) is 16.7 Å². The quantitative estimate of drug-likeness (QED) is 0.816. The molecule has 0 aliphatic carbocycles. The normalized spacial score (nSPS) is 12.0. The summed E-state index contributed by atoms with van der Waals surface area (Å²) in [6, 6.07) is 6.01. The van der Waals surface area contributed by atoms with Crippen LogP contribution in [0.4, 0.5) is 18.9 Å². The number of carboxylic acids is 1. The van der Waals surface area contributed by atoms with Crippen LogP contribution in [0.25, 0.3) is 0 Å². The van der Waals surface area contributed by atoms with Gasteiger partial charge in [0, 0.05) is 5.69 Å². The maximum atomic E-state index is 12.9. The van der Waals surface area contributed by atoms with Crippen molar-refractivity contribution in [3.8, 4) is 0 Å². The minimum Gasteiger partial charge on any atom is -0.478 e. The molecule has 0 unspecified atom stereocenters. The van der Waals surface area contributed by atoms with Gasteiger partial charge in [0.25, 0.3) is 10.0 Å². The highest BCUT2D eigenvalue weighted by Crippen LogP contribution is 2.36. The van der Waals surface area contributed by atoms with Gasteiger partial charge in [-0.1, -0.05) is 17.7 Å². The summed E-state index contributed by atoms with van der Waals surface area (Å²) in [5.74, 6) is -1.33. The molecule has 0 radical (unpaired) electrons. The number of hydrogen-bond acceptors (Lipinski definition) is 3. The molecule has 0 saturated heterocycles. The number of halogens is 4. The highest BCUT2D eigenvalue weighted by Gasteiger charge is 2.33. The number of benzene rings is 2. The molecule has 2 aromatic rings. The molecular formula is C15H11ClF3NO4S. The van der Waals surface area contributed by atoms with Gasteiger partial charge in [-0.25, -0.2) is 13.2 Å². The summed E-state index contributed by atoms with van der Waals surface area (Å²) in [5, 5.41) is 8.39. The van der Waals surface area contributed by atoms with Crippen molar-refractivity contribution in [1.82, 2.24) is 0 Å². The van der Waals surface area contributed by atoms with Gasteiger partial charge in [-0.2, -0.15) is 13.2 Å². The first-order chi connectivity index (χ1) is 11.4. The third-order valence-corrected chi connectivity index (χ3v) is 5.10. The smallest absolute Gasteiger partial charge is 0.417 e. The molecule has 0 spiro atoms. The fourth-order valence-corrected chi connectivity index (χ4v) is 3.58. The molecule has 0 bridgehead atoms.